The summed E-state index contributed by atoms with van der Waals surface area (Å²) in [5.74, 6) is 0. The van der Waals surface area contributed by atoms with Crippen molar-refractivity contribution < 1.29 is 4.39 Å². The number of aromatic nitrogens is 2. The molecule has 3 nitrogen and oxygen atoms in total. The summed E-state index contributed by atoms with van der Waals surface area (Å²) in [6, 6.07) is 4.14. The lowest BCUT2D eigenvalue weighted by atomic mass is 10.3. The summed E-state index contributed by atoms with van der Waals surface area (Å²) in [6.07, 6.45) is 3.65. The Morgan fingerprint density at radius 2 is 2.38 bits per heavy atom. The van der Waals surface area contributed by atoms with Gasteiger partial charge in [0.25, 0.3) is 0 Å². The van der Waals surface area contributed by atoms with Crippen molar-refractivity contribution in [2.24, 2.45) is 0 Å². The maximum absolute atomic E-state index is 12.1. The minimum Gasteiger partial charge on any atom is -0.308 e. The number of thiophene rings is 1. The van der Waals surface area contributed by atoms with Crippen molar-refractivity contribution in [1.29, 1.82) is 0 Å². The molecule has 2 aromatic rings. The Morgan fingerprint density at radius 3 is 3.12 bits per heavy atom. The van der Waals surface area contributed by atoms with E-state index in [-0.39, 0.29) is 6.67 Å². The van der Waals surface area contributed by atoms with Crippen LogP contribution in [0.1, 0.15) is 10.4 Å². The molecule has 0 saturated carbocycles. The summed E-state index contributed by atoms with van der Waals surface area (Å²) in [4.78, 5) is 1.32. The predicted octanol–water partition coefficient (Wildman–Crippen LogP) is 2.20. The smallest absolute Gasteiger partial charge is 0.109 e. The summed E-state index contributed by atoms with van der Waals surface area (Å²) >= 11 is 1.74. The number of halogens is 1. The summed E-state index contributed by atoms with van der Waals surface area (Å²) in [7, 11) is 0. The lowest BCUT2D eigenvalue weighted by Crippen LogP contribution is -2.11. The van der Waals surface area contributed by atoms with E-state index in [0.717, 1.165) is 18.7 Å². The fraction of sp³-hybridized carbons (Fsp3) is 0.364. The van der Waals surface area contributed by atoms with Crippen molar-refractivity contribution >= 4 is 11.3 Å². The zero-order valence-electron chi connectivity index (χ0n) is 8.90. The van der Waals surface area contributed by atoms with Gasteiger partial charge in [-0.2, -0.15) is 5.10 Å². The molecule has 2 aromatic heterocycles. The Morgan fingerprint density at radius 1 is 1.44 bits per heavy atom. The van der Waals surface area contributed by atoms with Gasteiger partial charge in [0.15, 0.2) is 0 Å². The molecule has 16 heavy (non-hydrogen) atoms. The number of rotatable bonds is 6. The predicted molar refractivity (Wildman–Crippen MR) is 63.1 cm³/mol. The second-order valence-electron chi connectivity index (χ2n) is 3.48. The van der Waals surface area contributed by atoms with E-state index in [0.29, 0.717) is 6.54 Å². The molecule has 0 aliphatic carbocycles. The number of alkyl halides is 1. The SMILES string of the molecule is FCCn1cc(CNCc2cccs2)cn1. The van der Waals surface area contributed by atoms with Gasteiger partial charge in [0.1, 0.15) is 6.67 Å². The molecule has 1 N–H and O–H groups in total. The summed E-state index contributed by atoms with van der Waals surface area (Å²) in [5.41, 5.74) is 1.09. The van der Waals surface area contributed by atoms with Crippen LogP contribution in [-0.4, -0.2) is 16.5 Å². The van der Waals surface area contributed by atoms with E-state index in [1.807, 2.05) is 12.3 Å². The highest BCUT2D eigenvalue weighted by Gasteiger charge is 1.98. The summed E-state index contributed by atoms with van der Waals surface area (Å²) in [6.45, 7) is 1.60. The van der Waals surface area contributed by atoms with E-state index in [4.69, 9.17) is 0 Å². The first-order chi connectivity index (χ1) is 7.88. The normalized spacial score (nSPS) is 10.8. The Balaban J connectivity index is 1.76. The summed E-state index contributed by atoms with van der Waals surface area (Å²) < 4.78 is 13.7. The van der Waals surface area contributed by atoms with Gasteiger partial charge in [0, 0.05) is 29.7 Å². The Labute approximate surface area is 97.9 Å². The van der Waals surface area contributed by atoms with Crippen LogP contribution in [0, 0.1) is 0 Å². The monoisotopic (exact) mass is 239 g/mol. The molecule has 0 bridgehead atoms. The van der Waals surface area contributed by atoms with Gasteiger partial charge in [-0.1, -0.05) is 6.07 Å². The van der Waals surface area contributed by atoms with Crippen molar-refractivity contribution in [2.45, 2.75) is 19.6 Å². The molecule has 0 unspecified atom stereocenters. The Hall–Kier alpha value is -1.20. The molecule has 2 rings (SSSR count). The number of nitrogens with one attached hydrogen (secondary N) is 1. The van der Waals surface area contributed by atoms with Gasteiger partial charge in [0.05, 0.1) is 12.7 Å². The summed E-state index contributed by atoms with van der Waals surface area (Å²) in [5, 5.41) is 9.45. The first-order valence-electron chi connectivity index (χ1n) is 5.19. The van der Waals surface area contributed by atoms with Crippen LogP contribution >= 0.6 is 11.3 Å². The molecule has 0 fully saturated rings. The number of nitrogens with zero attached hydrogens (tertiary/aromatic N) is 2. The lowest BCUT2D eigenvalue weighted by molar-refractivity contribution is 0.427. The van der Waals surface area contributed by atoms with Gasteiger partial charge in [-0.3, -0.25) is 4.68 Å². The van der Waals surface area contributed by atoms with Crippen LogP contribution in [0.2, 0.25) is 0 Å². The molecule has 0 amide bonds. The van der Waals surface area contributed by atoms with E-state index >= 15 is 0 Å². The fourth-order valence-corrected chi connectivity index (χ4v) is 2.12. The van der Waals surface area contributed by atoms with Crippen LogP contribution < -0.4 is 5.32 Å². The first kappa shape index (κ1) is 11.3. The lowest BCUT2D eigenvalue weighted by Gasteiger charge is -1.99. The molecule has 0 aromatic carbocycles. The van der Waals surface area contributed by atoms with Gasteiger partial charge in [-0.05, 0) is 11.4 Å². The van der Waals surface area contributed by atoms with Crippen LogP contribution in [0.4, 0.5) is 4.39 Å². The van der Waals surface area contributed by atoms with E-state index < -0.39 is 0 Å². The van der Waals surface area contributed by atoms with E-state index in [1.54, 1.807) is 22.2 Å². The third-order valence-corrected chi connectivity index (χ3v) is 3.09. The molecule has 0 atom stereocenters. The second kappa shape index (κ2) is 5.77. The van der Waals surface area contributed by atoms with Crippen LogP contribution in [0.3, 0.4) is 0 Å². The number of hydrogen-bond donors (Lipinski definition) is 1. The van der Waals surface area contributed by atoms with Gasteiger partial charge in [0.2, 0.25) is 0 Å². The largest absolute Gasteiger partial charge is 0.308 e. The molecule has 2 heterocycles. The highest BCUT2D eigenvalue weighted by atomic mass is 32.1. The maximum Gasteiger partial charge on any atom is 0.109 e. The van der Waals surface area contributed by atoms with E-state index in [9.17, 15) is 4.39 Å². The average Bonchev–Trinajstić information content (AvgIpc) is 2.90. The van der Waals surface area contributed by atoms with Crippen LogP contribution in [0.25, 0.3) is 0 Å². The number of hydrogen-bond acceptors (Lipinski definition) is 3. The quantitative estimate of drug-likeness (QED) is 0.837. The topological polar surface area (TPSA) is 29.9 Å². The van der Waals surface area contributed by atoms with Crippen molar-refractivity contribution in [3.8, 4) is 0 Å². The van der Waals surface area contributed by atoms with E-state index in [2.05, 4.69) is 21.9 Å². The van der Waals surface area contributed by atoms with Gasteiger partial charge in [-0.25, -0.2) is 4.39 Å². The van der Waals surface area contributed by atoms with Gasteiger partial charge in [-0.15, -0.1) is 11.3 Å². The van der Waals surface area contributed by atoms with Crippen LogP contribution in [-0.2, 0) is 19.6 Å². The molecule has 5 heteroatoms. The molecule has 0 aliphatic rings. The third-order valence-electron chi connectivity index (χ3n) is 2.21. The molecule has 0 spiro atoms. The van der Waals surface area contributed by atoms with Crippen molar-refractivity contribution in [3.63, 3.8) is 0 Å². The molecule has 0 radical (unpaired) electrons. The molecule has 0 saturated heterocycles. The van der Waals surface area contributed by atoms with Gasteiger partial charge < -0.3 is 5.32 Å². The second-order valence-corrected chi connectivity index (χ2v) is 4.52. The molecule has 0 aliphatic heterocycles. The van der Waals surface area contributed by atoms with Crippen LogP contribution in [0.5, 0.6) is 0 Å². The Kier molecular flexibility index (Phi) is 4.07. The van der Waals surface area contributed by atoms with E-state index in [1.165, 1.54) is 4.88 Å². The van der Waals surface area contributed by atoms with Crippen LogP contribution in [0.15, 0.2) is 29.9 Å². The highest BCUT2D eigenvalue weighted by Crippen LogP contribution is 2.07. The number of aryl methyl sites for hydroxylation is 1. The standard InChI is InChI=1S/C11H14FN3S/c12-3-4-15-9-10(7-14-15)6-13-8-11-2-1-5-16-11/h1-2,5,7,9,13H,3-4,6,8H2. The van der Waals surface area contributed by atoms with Gasteiger partial charge >= 0.3 is 0 Å². The van der Waals surface area contributed by atoms with Crippen molar-refractivity contribution in [2.75, 3.05) is 6.67 Å². The zero-order chi connectivity index (χ0) is 11.2. The fourth-order valence-electron chi connectivity index (χ4n) is 1.45. The molecular weight excluding hydrogens is 225 g/mol. The average molecular weight is 239 g/mol. The minimum absolute atomic E-state index is 0.338. The van der Waals surface area contributed by atoms with Crippen molar-refractivity contribution in [1.82, 2.24) is 15.1 Å². The molecular formula is C11H14FN3S. The third kappa shape index (κ3) is 3.15. The highest BCUT2D eigenvalue weighted by molar-refractivity contribution is 7.09. The van der Waals surface area contributed by atoms with Crippen molar-refractivity contribution in [3.05, 3.63) is 40.3 Å². The Bertz CT molecular complexity index is 411. The first-order valence-corrected chi connectivity index (χ1v) is 6.07. The zero-order valence-corrected chi connectivity index (χ0v) is 9.71. The minimum atomic E-state index is -0.371. The molecule has 86 valence electrons. The maximum atomic E-state index is 12.1.